The zero-order chi connectivity index (χ0) is 22.6. The minimum absolute atomic E-state index is 0.000687. The summed E-state index contributed by atoms with van der Waals surface area (Å²) >= 11 is 7.57. The summed E-state index contributed by atoms with van der Waals surface area (Å²) in [6.07, 6.45) is 1.88. The van der Waals surface area contributed by atoms with E-state index in [1.807, 2.05) is 13.2 Å². The summed E-state index contributed by atoms with van der Waals surface area (Å²) in [4.78, 5) is 13.6. The molecule has 3 rings (SSSR count). The molecule has 0 bridgehead atoms. The average molecular weight is 479 g/mol. The van der Waals surface area contributed by atoms with E-state index in [4.69, 9.17) is 11.6 Å². The van der Waals surface area contributed by atoms with Crippen molar-refractivity contribution >= 4 is 50.7 Å². The number of rotatable bonds is 7. The monoisotopic (exact) mass is 478 g/mol. The Bertz CT molecular complexity index is 1200. The summed E-state index contributed by atoms with van der Waals surface area (Å²) in [5, 5.41) is 3.11. The van der Waals surface area contributed by atoms with Gasteiger partial charge in [-0.25, -0.2) is 12.8 Å². The molecule has 1 amide bonds. The van der Waals surface area contributed by atoms with Gasteiger partial charge in [-0.1, -0.05) is 23.7 Å². The van der Waals surface area contributed by atoms with Crippen molar-refractivity contribution in [2.24, 2.45) is 0 Å². The van der Waals surface area contributed by atoms with Crippen LogP contribution >= 0.6 is 23.4 Å². The van der Waals surface area contributed by atoms with Crippen LogP contribution in [0.3, 0.4) is 0 Å². The Morgan fingerprint density at radius 3 is 2.42 bits per heavy atom. The molecule has 1 N–H and O–H groups in total. The lowest BCUT2D eigenvalue weighted by Gasteiger charge is -2.24. The number of hydrogen-bond acceptors (Lipinski definition) is 4. The van der Waals surface area contributed by atoms with Crippen molar-refractivity contribution in [3.05, 3.63) is 83.1 Å². The molecule has 9 heteroatoms. The molecule has 31 heavy (non-hydrogen) atoms. The van der Waals surface area contributed by atoms with E-state index in [1.54, 1.807) is 30.3 Å². The number of nitrogens with zero attached hydrogens (tertiary/aromatic N) is 1. The van der Waals surface area contributed by atoms with Gasteiger partial charge in [0.05, 0.1) is 10.6 Å². The SMILES string of the molecule is CSc1ccc(S(=O)(=O)N(CC(=O)Nc2ccc(C)c(Cl)c2)c2cccc(F)c2)cc1. The highest BCUT2D eigenvalue weighted by atomic mass is 35.5. The van der Waals surface area contributed by atoms with E-state index in [9.17, 15) is 17.6 Å². The molecule has 0 radical (unpaired) electrons. The van der Waals surface area contributed by atoms with Gasteiger partial charge in [-0.3, -0.25) is 9.10 Å². The second-order valence-electron chi connectivity index (χ2n) is 6.68. The van der Waals surface area contributed by atoms with Crippen LogP contribution in [-0.4, -0.2) is 27.1 Å². The van der Waals surface area contributed by atoms with Gasteiger partial charge < -0.3 is 5.32 Å². The van der Waals surface area contributed by atoms with Crippen LogP contribution in [0.4, 0.5) is 15.8 Å². The lowest BCUT2D eigenvalue weighted by Crippen LogP contribution is -2.38. The standard InChI is InChI=1S/C22H20ClFN2O3S2/c1-15-6-7-17(13-21(15)23)25-22(27)14-26(18-5-3-4-16(24)12-18)31(28,29)20-10-8-19(30-2)9-11-20/h3-13H,14H2,1-2H3,(H,25,27). The topological polar surface area (TPSA) is 66.5 Å². The number of aryl methyl sites for hydroxylation is 1. The molecule has 0 heterocycles. The van der Waals surface area contributed by atoms with E-state index in [1.165, 1.54) is 42.1 Å². The number of anilines is 2. The van der Waals surface area contributed by atoms with Crippen molar-refractivity contribution in [3.63, 3.8) is 0 Å². The molecule has 3 aromatic carbocycles. The fourth-order valence-corrected chi connectivity index (χ4v) is 4.82. The number of hydrogen-bond donors (Lipinski definition) is 1. The van der Waals surface area contributed by atoms with Gasteiger partial charge >= 0.3 is 0 Å². The number of carbonyl (C=O) groups is 1. The minimum atomic E-state index is -4.13. The van der Waals surface area contributed by atoms with E-state index in [-0.39, 0.29) is 10.6 Å². The molecule has 3 aromatic rings. The molecular weight excluding hydrogens is 459 g/mol. The number of thioether (sulfide) groups is 1. The molecule has 0 fully saturated rings. The number of sulfonamides is 1. The largest absolute Gasteiger partial charge is 0.324 e. The van der Waals surface area contributed by atoms with Crippen LogP contribution in [0.15, 0.2) is 76.5 Å². The van der Waals surface area contributed by atoms with Gasteiger partial charge in [0, 0.05) is 15.6 Å². The predicted molar refractivity (Wildman–Crippen MR) is 124 cm³/mol. The minimum Gasteiger partial charge on any atom is -0.324 e. The molecule has 0 saturated carbocycles. The number of benzene rings is 3. The lowest BCUT2D eigenvalue weighted by molar-refractivity contribution is -0.114. The summed E-state index contributed by atoms with van der Waals surface area (Å²) in [5.41, 5.74) is 1.32. The van der Waals surface area contributed by atoms with Crippen LogP contribution in [0.25, 0.3) is 0 Å². The first-order chi connectivity index (χ1) is 14.7. The van der Waals surface area contributed by atoms with Gasteiger partial charge in [0.15, 0.2) is 0 Å². The fraction of sp³-hybridized carbons (Fsp3) is 0.136. The first-order valence-corrected chi connectivity index (χ1v) is 12.2. The zero-order valence-electron chi connectivity index (χ0n) is 16.8. The van der Waals surface area contributed by atoms with Crippen molar-refractivity contribution in [1.29, 1.82) is 0 Å². The third-order valence-corrected chi connectivity index (χ3v) is 7.43. The molecule has 0 spiro atoms. The Morgan fingerprint density at radius 2 is 1.81 bits per heavy atom. The Kier molecular flexibility index (Phi) is 7.25. The van der Waals surface area contributed by atoms with Crippen molar-refractivity contribution in [1.82, 2.24) is 0 Å². The van der Waals surface area contributed by atoms with Crippen molar-refractivity contribution in [2.45, 2.75) is 16.7 Å². The normalized spacial score (nSPS) is 11.2. The van der Waals surface area contributed by atoms with Crippen LogP contribution in [0, 0.1) is 12.7 Å². The molecule has 0 unspecified atom stereocenters. The van der Waals surface area contributed by atoms with Gasteiger partial charge in [0.25, 0.3) is 10.0 Å². The molecule has 0 aliphatic rings. The van der Waals surface area contributed by atoms with E-state index >= 15 is 0 Å². The molecule has 0 aromatic heterocycles. The summed E-state index contributed by atoms with van der Waals surface area (Å²) in [6, 6.07) is 16.4. The lowest BCUT2D eigenvalue weighted by atomic mass is 10.2. The van der Waals surface area contributed by atoms with Crippen LogP contribution < -0.4 is 9.62 Å². The molecule has 0 saturated heterocycles. The Balaban J connectivity index is 1.94. The maximum absolute atomic E-state index is 13.8. The zero-order valence-corrected chi connectivity index (χ0v) is 19.2. The second kappa shape index (κ2) is 9.72. The van der Waals surface area contributed by atoms with Crippen LogP contribution in [0.2, 0.25) is 5.02 Å². The number of nitrogens with one attached hydrogen (secondary N) is 1. The molecule has 0 aliphatic carbocycles. The van der Waals surface area contributed by atoms with Gasteiger partial charge in [-0.05, 0) is 73.3 Å². The van der Waals surface area contributed by atoms with Crippen molar-refractivity contribution in [2.75, 3.05) is 22.4 Å². The molecule has 162 valence electrons. The van der Waals surface area contributed by atoms with Crippen molar-refractivity contribution in [3.8, 4) is 0 Å². The molecule has 0 aliphatic heterocycles. The van der Waals surface area contributed by atoms with E-state index < -0.39 is 28.3 Å². The van der Waals surface area contributed by atoms with Crippen LogP contribution in [0.1, 0.15) is 5.56 Å². The van der Waals surface area contributed by atoms with Crippen LogP contribution in [-0.2, 0) is 14.8 Å². The molecular formula is C22H20ClFN2O3S2. The van der Waals surface area contributed by atoms with E-state index in [0.29, 0.717) is 10.7 Å². The maximum Gasteiger partial charge on any atom is 0.264 e. The third kappa shape index (κ3) is 5.58. The average Bonchev–Trinajstić information content (AvgIpc) is 2.74. The fourth-order valence-electron chi connectivity index (χ4n) is 2.82. The highest BCUT2D eigenvalue weighted by Gasteiger charge is 2.27. The smallest absolute Gasteiger partial charge is 0.264 e. The van der Waals surface area contributed by atoms with Gasteiger partial charge in [-0.15, -0.1) is 11.8 Å². The Morgan fingerprint density at radius 1 is 1.10 bits per heavy atom. The third-order valence-electron chi connectivity index (χ3n) is 4.49. The first-order valence-electron chi connectivity index (χ1n) is 9.19. The summed E-state index contributed by atoms with van der Waals surface area (Å²) < 4.78 is 41.4. The van der Waals surface area contributed by atoms with Gasteiger partial charge in [0.2, 0.25) is 5.91 Å². The van der Waals surface area contributed by atoms with E-state index in [2.05, 4.69) is 5.32 Å². The van der Waals surface area contributed by atoms with Crippen LogP contribution in [0.5, 0.6) is 0 Å². The molecule has 0 atom stereocenters. The van der Waals surface area contributed by atoms with Crippen molar-refractivity contribution < 1.29 is 17.6 Å². The Labute approximate surface area is 190 Å². The maximum atomic E-state index is 13.8. The number of amides is 1. The highest BCUT2D eigenvalue weighted by Crippen LogP contribution is 2.26. The summed E-state index contributed by atoms with van der Waals surface area (Å²) in [6.45, 7) is 1.29. The Hall–Kier alpha value is -2.55. The first kappa shape index (κ1) is 23.1. The highest BCUT2D eigenvalue weighted by molar-refractivity contribution is 7.98. The second-order valence-corrected chi connectivity index (χ2v) is 9.83. The van der Waals surface area contributed by atoms with Gasteiger partial charge in [0.1, 0.15) is 12.4 Å². The summed E-state index contributed by atoms with van der Waals surface area (Å²) in [7, 11) is -4.13. The number of halogens is 2. The summed E-state index contributed by atoms with van der Waals surface area (Å²) in [5.74, 6) is -1.20. The molecule has 5 nitrogen and oxygen atoms in total. The predicted octanol–water partition coefficient (Wildman–Crippen LogP) is 5.34. The quantitative estimate of drug-likeness (QED) is 0.465. The van der Waals surface area contributed by atoms with E-state index in [0.717, 1.165) is 20.8 Å². The van der Waals surface area contributed by atoms with Gasteiger partial charge in [-0.2, -0.15) is 0 Å². The number of carbonyl (C=O) groups excluding carboxylic acids is 1.